The SMILES string of the molecule is CC(C)(C)C(=O)OC[C@H]1OC=CC(=O)[C@@H]1OC(=O)C(C)(C)C. The van der Waals surface area contributed by atoms with Crippen LogP contribution in [0.4, 0.5) is 0 Å². The number of hydrogen-bond acceptors (Lipinski definition) is 6. The van der Waals surface area contributed by atoms with Gasteiger partial charge in [0, 0.05) is 6.08 Å². The van der Waals surface area contributed by atoms with Crippen molar-refractivity contribution in [2.75, 3.05) is 6.61 Å². The normalized spacial score (nSPS) is 22.0. The lowest BCUT2D eigenvalue weighted by Crippen LogP contribution is -2.46. The third kappa shape index (κ3) is 4.86. The van der Waals surface area contributed by atoms with Gasteiger partial charge in [-0.3, -0.25) is 14.4 Å². The van der Waals surface area contributed by atoms with E-state index >= 15 is 0 Å². The Kier molecular flexibility index (Phi) is 5.38. The van der Waals surface area contributed by atoms with E-state index < -0.39 is 35.0 Å². The Bertz CT molecular complexity index is 478. The Morgan fingerprint density at radius 1 is 1.09 bits per heavy atom. The first-order valence-electron chi connectivity index (χ1n) is 7.17. The maximum absolute atomic E-state index is 12.0. The van der Waals surface area contributed by atoms with Crippen molar-refractivity contribution in [2.45, 2.75) is 53.8 Å². The average molecular weight is 312 g/mol. The molecule has 22 heavy (non-hydrogen) atoms. The summed E-state index contributed by atoms with van der Waals surface area (Å²) in [6.45, 7) is 10.1. The molecule has 1 aliphatic rings. The van der Waals surface area contributed by atoms with E-state index in [9.17, 15) is 14.4 Å². The van der Waals surface area contributed by atoms with Gasteiger partial charge in [0.25, 0.3) is 0 Å². The smallest absolute Gasteiger partial charge is 0.312 e. The van der Waals surface area contributed by atoms with Crippen LogP contribution in [0.3, 0.4) is 0 Å². The minimum atomic E-state index is -1.11. The number of ketones is 1. The molecular weight excluding hydrogens is 288 g/mol. The first kappa shape index (κ1) is 18.2. The third-order valence-corrected chi connectivity index (χ3v) is 2.94. The van der Waals surface area contributed by atoms with Crippen LogP contribution in [0.1, 0.15) is 41.5 Å². The van der Waals surface area contributed by atoms with Crippen LogP contribution in [0.5, 0.6) is 0 Å². The fraction of sp³-hybridized carbons (Fsp3) is 0.688. The second-order valence-electron chi connectivity index (χ2n) is 7.30. The van der Waals surface area contributed by atoms with Gasteiger partial charge >= 0.3 is 11.9 Å². The molecule has 0 amide bonds. The van der Waals surface area contributed by atoms with Gasteiger partial charge in [0.2, 0.25) is 11.9 Å². The maximum atomic E-state index is 12.0. The lowest BCUT2D eigenvalue weighted by atomic mass is 9.96. The monoisotopic (exact) mass is 312 g/mol. The lowest BCUT2D eigenvalue weighted by molar-refractivity contribution is -0.175. The number of rotatable bonds is 3. The third-order valence-electron chi connectivity index (χ3n) is 2.94. The molecule has 0 aliphatic carbocycles. The van der Waals surface area contributed by atoms with Gasteiger partial charge in [-0.25, -0.2) is 0 Å². The van der Waals surface area contributed by atoms with Gasteiger partial charge in [-0.2, -0.15) is 0 Å². The van der Waals surface area contributed by atoms with Gasteiger partial charge < -0.3 is 14.2 Å². The molecule has 1 aliphatic heterocycles. The number of hydrogen-bond donors (Lipinski definition) is 0. The second-order valence-corrected chi connectivity index (χ2v) is 7.30. The van der Waals surface area contributed by atoms with Gasteiger partial charge in [0.15, 0.2) is 6.10 Å². The van der Waals surface area contributed by atoms with Crippen molar-refractivity contribution in [2.24, 2.45) is 10.8 Å². The van der Waals surface area contributed by atoms with Crippen molar-refractivity contribution in [1.82, 2.24) is 0 Å². The summed E-state index contributed by atoms with van der Waals surface area (Å²) in [5.41, 5.74) is -1.40. The van der Waals surface area contributed by atoms with Gasteiger partial charge in [-0.15, -0.1) is 0 Å². The molecule has 1 rings (SSSR count). The molecule has 2 atom stereocenters. The fourth-order valence-corrected chi connectivity index (χ4v) is 1.48. The predicted molar refractivity (Wildman–Crippen MR) is 78.8 cm³/mol. The zero-order valence-electron chi connectivity index (χ0n) is 14.0. The molecule has 0 spiro atoms. The second kappa shape index (κ2) is 6.50. The maximum Gasteiger partial charge on any atom is 0.312 e. The Labute approximate surface area is 130 Å². The molecule has 0 aromatic heterocycles. The summed E-state index contributed by atoms with van der Waals surface area (Å²) in [7, 11) is 0. The average Bonchev–Trinajstić information content (AvgIpc) is 2.36. The Hall–Kier alpha value is -1.85. The van der Waals surface area contributed by atoms with Gasteiger partial charge in [0.05, 0.1) is 17.1 Å². The molecule has 0 bridgehead atoms. The summed E-state index contributed by atoms with van der Waals surface area (Å²) >= 11 is 0. The van der Waals surface area contributed by atoms with Crippen molar-refractivity contribution in [1.29, 1.82) is 0 Å². The van der Waals surface area contributed by atoms with Gasteiger partial charge in [0.1, 0.15) is 6.61 Å². The highest BCUT2D eigenvalue weighted by Gasteiger charge is 2.38. The van der Waals surface area contributed by atoms with Crippen LogP contribution in [-0.4, -0.2) is 36.5 Å². The summed E-state index contributed by atoms with van der Waals surface area (Å²) in [6, 6.07) is 0. The summed E-state index contributed by atoms with van der Waals surface area (Å²) in [5.74, 6) is -1.32. The number of esters is 2. The van der Waals surface area contributed by atoms with E-state index in [1.807, 2.05) is 0 Å². The zero-order chi connectivity index (χ0) is 17.1. The molecule has 0 unspecified atom stereocenters. The Morgan fingerprint density at radius 3 is 2.14 bits per heavy atom. The highest BCUT2D eigenvalue weighted by Crippen LogP contribution is 2.22. The predicted octanol–water partition coefficient (Wildman–Crippen LogP) is 2.02. The van der Waals surface area contributed by atoms with E-state index in [4.69, 9.17) is 14.2 Å². The molecule has 124 valence electrons. The first-order valence-corrected chi connectivity index (χ1v) is 7.17. The van der Waals surface area contributed by atoms with E-state index in [2.05, 4.69) is 0 Å². The number of ether oxygens (including phenoxy) is 3. The van der Waals surface area contributed by atoms with Gasteiger partial charge in [-0.1, -0.05) is 0 Å². The highest BCUT2D eigenvalue weighted by molar-refractivity contribution is 5.96. The zero-order valence-corrected chi connectivity index (χ0v) is 14.0. The van der Waals surface area contributed by atoms with Crippen LogP contribution >= 0.6 is 0 Å². The summed E-state index contributed by atoms with van der Waals surface area (Å²) in [4.78, 5) is 35.7. The number of carbonyl (C=O) groups is 3. The molecule has 6 heteroatoms. The molecule has 0 saturated heterocycles. The first-order chi connectivity index (χ1) is 9.93. The van der Waals surface area contributed by atoms with E-state index in [-0.39, 0.29) is 12.4 Å². The van der Waals surface area contributed by atoms with Crippen molar-refractivity contribution >= 4 is 17.7 Å². The summed E-state index contributed by atoms with van der Waals surface area (Å²) in [6.07, 6.45) is 0.474. The fourth-order valence-electron chi connectivity index (χ4n) is 1.48. The van der Waals surface area contributed by atoms with Crippen LogP contribution in [0, 0.1) is 10.8 Å². The molecule has 1 heterocycles. The van der Waals surface area contributed by atoms with Gasteiger partial charge in [-0.05, 0) is 41.5 Å². The van der Waals surface area contributed by atoms with E-state index in [1.54, 1.807) is 41.5 Å². The lowest BCUT2D eigenvalue weighted by Gasteiger charge is -2.30. The molecule has 0 N–H and O–H groups in total. The molecule has 0 fully saturated rings. The quantitative estimate of drug-likeness (QED) is 0.742. The number of carbonyl (C=O) groups excluding carboxylic acids is 3. The van der Waals surface area contributed by atoms with E-state index in [1.165, 1.54) is 12.3 Å². The largest absolute Gasteiger partial charge is 0.490 e. The topological polar surface area (TPSA) is 78.9 Å². The van der Waals surface area contributed by atoms with Crippen LogP contribution in [-0.2, 0) is 28.6 Å². The molecule has 6 nitrogen and oxygen atoms in total. The molecule has 0 saturated carbocycles. The highest BCUT2D eigenvalue weighted by atomic mass is 16.6. The Morgan fingerprint density at radius 2 is 1.64 bits per heavy atom. The standard InChI is InChI=1S/C16H24O6/c1-15(2,3)13(18)21-9-11-12(10(17)7-8-20-11)22-14(19)16(4,5)6/h7-8,11-12H,9H2,1-6H3/t11-,12+/m1/s1. The Balaban J connectivity index is 2.75. The van der Waals surface area contributed by atoms with Crippen molar-refractivity contribution in [3.05, 3.63) is 12.3 Å². The molecule has 0 radical (unpaired) electrons. The molecule has 0 aromatic carbocycles. The molecule has 0 aromatic rings. The van der Waals surface area contributed by atoms with Crippen molar-refractivity contribution < 1.29 is 28.6 Å². The molecular formula is C16H24O6. The van der Waals surface area contributed by atoms with Crippen LogP contribution in [0.25, 0.3) is 0 Å². The summed E-state index contributed by atoms with van der Waals surface area (Å²) < 4.78 is 15.7. The van der Waals surface area contributed by atoms with Crippen molar-refractivity contribution in [3.8, 4) is 0 Å². The minimum absolute atomic E-state index is 0.158. The summed E-state index contributed by atoms with van der Waals surface area (Å²) in [5, 5.41) is 0. The van der Waals surface area contributed by atoms with E-state index in [0.717, 1.165) is 0 Å². The van der Waals surface area contributed by atoms with E-state index in [0.29, 0.717) is 0 Å². The van der Waals surface area contributed by atoms with Crippen LogP contribution < -0.4 is 0 Å². The van der Waals surface area contributed by atoms with Crippen LogP contribution in [0.15, 0.2) is 12.3 Å². The minimum Gasteiger partial charge on any atom is -0.490 e. The van der Waals surface area contributed by atoms with Crippen LogP contribution in [0.2, 0.25) is 0 Å². The van der Waals surface area contributed by atoms with Crippen molar-refractivity contribution in [3.63, 3.8) is 0 Å².